The van der Waals surface area contributed by atoms with Gasteiger partial charge in [-0.05, 0) is 60.1 Å². The molecule has 3 N–H and O–H groups in total. The van der Waals surface area contributed by atoms with Crippen LogP contribution in [0, 0.1) is 0 Å². The van der Waals surface area contributed by atoms with Gasteiger partial charge in [0.1, 0.15) is 6.61 Å². The highest BCUT2D eigenvalue weighted by atomic mass is 79.9. The molecule has 0 saturated carbocycles. The van der Waals surface area contributed by atoms with Crippen LogP contribution in [0.1, 0.15) is 23.2 Å². The summed E-state index contributed by atoms with van der Waals surface area (Å²) in [6, 6.07) is 4.44. The highest BCUT2D eigenvalue weighted by Gasteiger charge is 2.15. The zero-order chi connectivity index (χ0) is 15.2. The second-order valence-corrected chi connectivity index (χ2v) is 5.66. The van der Waals surface area contributed by atoms with Crippen molar-refractivity contribution in [3.63, 3.8) is 0 Å². The second-order valence-electron chi connectivity index (χ2n) is 4.81. The summed E-state index contributed by atoms with van der Waals surface area (Å²) in [5, 5.41) is 14.8. The molecular weight excluding hydrogens is 340 g/mol. The van der Waals surface area contributed by atoms with E-state index >= 15 is 0 Å². The number of nitrogens with one attached hydrogen (secondary N) is 2. The molecule has 1 heterocycles. The molecule has 1 saturated heterocycles. The molecule has 0 radical (unpaired) electrons. The monoisotopic (exact) mass is 356 g/mol. The van der Waals surface area contributed by atoms with Crippen LogP contribution in [-0.4, -0.2) is 42.8 Å². The highest BCUT2D eigenvalue weighted by molar-refractivity contribution is 9.10. The molecule has 0 aliphatic carbocycles. The Morgan fingerprint density at radius 1 is 1.38 bits per heavy atom. The van der Waals surface area contributed by atoms with Crippen molar-refractivity contribution in [2.24, 2.45) is 0 Å². The summed E-state index contributed by atoms with van der Waals surface area (Å²) in [6.45, 7) is 1.82. The van der Waals surface area contributed by atoms with Gasteiger partial charge in [-0.25, -0.2) is 4.79 Å². The third-order valence-corrected chi connectivity index (χ3v) is 3.88. The molecule has 1 aromatic rings. The first-order valence-electron chi connectivity index (χ1n) is 6.71. The van der Waals surface area contributed by atoms with E-state index in [2.05, 4.69) is 26.6 Å². The molecule has 1 aliphatic heterocycles. The van der Waals surface area contributed by atoms with E-state index in [1.807, 2.05) is 0 Å². The van der Waals surface area contributed by atoms with Crippen molar-refractivity contribution in [3.05, 3.63) is 28.2 Å². The maximum absolute atomic E-state index is 11.8. The number of benzene rings is 1. The summed E-state index contributed by atoms with van der Waals surface area (Å²) in [5.41, 5.74) is 0.685. The minimum atomic E-state index is -1.01. The van der Waals surface area contributed by atoms with Gasteiger partial charge < -0.3 is 20.5 Å². The number of hydrogen-bond acceptors (Lipinski definition) is 4. The zero-order valence-corrected chi connectivity index (χ0v) is 13.0. The molecule has 6 nitrogen and oxygen atoms in total. The van der Waals surface area contributed by atoms with Gasteiger partial charge in [-0.15, -0.1) is 0 Å². The number of aromatic carboxylic acids is 1. The standard InChI is InChI=1S/C14H17BrN2O4/c15-11-7-9(14(19)20)1-2-12(11)17-13(18)8-21-10-3-5-16-6-4-10/h1-2,7,10,16H,3-6,8H2,(H,17,18)(H,19,20). The van der Waals surface area contributed by atoms with Gasteiger partial charge in [0.25, 0.3) is 0 Å². The predicted molar refractivity (Wildman–Crippen MR) is 81.6 cm³/mol. The predicted octanol–water partition coefficient (Wildman–Crippen LogP) is 1.85. The van der Waals surface area contributed by atoms with Gasteiger partial charge in [0.05, 0.1) is 17.4 Å². The van der Waals surface area contributed by atoms with E-state index in [0.717, 1.165) is 25.9 Å². The number of rotatable bonds is 5. The largest absolute Gasteiger partial charge is 0.478 e. The van der Waals surface area contributed by atoms with Crippen molar-refractivity contribution in [1.29, 1.82) is 0 Å². The summed E-state index contributed by atoms with van der Waals surface area (Å²) in [7, 11) is 0. The minimum Gasteiger partial charge on any atom is -0.478 e. The van der Waals surface area contributed by atoms with Crippen LogP contribution in [0.15, 0.2) is 22.7 Å². The molecule has 114 valence electrons. The number of anilines is 1. The molecule has 0 spiro atoms. The Bertz CT molecular complexity index is 530. The average Bonchev–Trinajstić information content (AvgIpc) is 2.48. The lowest BCUT2D eigenvalue weighted by molar-refractivity contribution is -0.123. The van der Waals surface area contributed by atoms with Crippen LogP contribution in [0.2, 0.25) is 0 Å². The minimum absolute atomic E-state index is 0.00219. The molecule has 1 fully saturated rings. The average molecular weight is 357 g/mol. The molecule has 2 rings (SSSR count). The van der Waals surface area contributed by atoms with Crippen LogP contribution < -0.4 is 10.6 Å². The lowest BCUT2D eigenvalue weighted by atomic mass is 10.1. The number of carbonyl (C=O) groups is 2. The smallest absolute Gasteiger partial charge is 0.335 e. The first kappa shape index (κ1) is 15.9. The third kappa shape index (κ3) is 4.80. The molecule has 0 unspecified atom stereocenters. The second kappa shape index (κ2) is 7.53. The van der Waals surface area contributed by atoms with Gasteiger partial charge >= 0.3 is 5.97 Å². The van der Waals surface area contributed by atoms with Gasteiger partial charge in [-0.2, -0.15) is 0 Å². The van der Waals surface area contributed by atoms with Gasteiger partial charge in [0.2, 0.25) is 5.91 Å². The molecular formula is C14H17BrN2O4. The van der Waals surface area contributed by atoms with E-state index in [0.29, 0.717) is 10.2 Å². The van der Waals surface area contributed by atoms with Gasteiger partial charge in [0.15, 0.2) is 0 Å². The molecule has 1 aliphatic rings. The normalized spacial score (nSPS) is 15.7. The van der Waals surface area contributed by atoms with Gasteiger partial charge in [-0.1, -0.05) is 0 Å². The Kier molecular flexibility index (Phi) is 5.72. The van der Waals surface area contributed by atoms with Crippen LogP contribution >= 0.6 is 15.9 Å². The summed E-state index contributed by atoms with van der Waals surface area (Å²) in [5.74, 6) is -1.26. The quantitative estimate of drug-likeness (QED) is 0.749. The van der Waals surface area contributed by atoms with Crippen LogP contribution in [0.25, 0.3) is 0 Å². The number of carboxylic acids is 1. The first-order valence-corrected chi connectivity index (χ1v) is 7.50. The lowest BCUT2D eigenvalue weighted by Gasteiger charge is -2.22. The van der Waals surface area contributed by atoms with Crippen molar-refractivity contribution >= 4 is 33.5 Å². The molecule has 0 aromatic heterocycles. The van der Waals surface area contributed by atoms with Crippen molar-refractivity contribution in [2.45, 2.75) is 18.9 Å². The number of carbonyl (C=O) groups excluding carboxylic acids is 1. The number of piperidine rings is 1. The Morgan fingerprint density at radius 2 is 2.10 bits per heavy atom. The Morgan fingerprint density at radius 3 is 2.71 bits per heavy atom. The van der Waals surface area contributed by atoms with Crippen molar-refractivity contribution in [1.82, 2.24) is 5.32 Å². The Hall–Kier alpha value is -1.44. The van der Waals surface area contributed by atoms with E-state index in [1.54, 1.807) is 6.07 Å². The molecule has 1 aromatic carbocycles. The highest BCUT2D eigenvalue weighted by Crippen LogP contribution is 2.23. The maximum atomic E-state index is 11.8. The van der Waals surface area contributed by atoms with Crippen molar-refractivity contribution < 1.29 is 19.4 Å². The maximum Gasteiger partial charge on any atom is 0.335 e. The Labute approximate surface area is 131 Å². The molecule has 21 heavy (non-hydrogen) atoms. The van der Waals surface area contributed by atoms with Crippen molar-refractivity contribution in [3.8, 4) is 0 Å². The van der Waals surface area contributed by atoms with Crippen LogP contribution in [0.4, 0.5) is 5.69 Å². The zero-order valence-electron chi connectivity index (χ0n) is 11.4. The fourth-order valence-electron chi connectivity index (χ4n) is 2.09. The van der Waals surface area contributed by atoms with E-state index in [-0.39, 0.29) is 24.2 Å². The van der Waals surface area contributed by atoms with E-state index < -0.39 is 5.97 Å². The number of ether oxygens (including phenoxy) is 1. The van der Waals surface area contributed by atoms with Gasteiger partial charge in [0, 0.05) is 4.47 Å². The van der Waals surface area contributed by atoms with Crippen LogP contribution in [0.3, 0.4) is 0 Å². The summed E-state index contributed by atoms with van der Waals surface area (Å²) in [6.07, 6.45) is 1.93. The fraction of sp³-hybridized carbons (Fsp3) is 0.429. The summed E-state index contributed by atoms with van der Waals surface area (Å²) in [4.78, 5) is 22.7. The Balaban J connectivity index is 1.85. The summed E-state index contributed by atoms with van der Waals surface area (Å²) < 4.78 is 6.08. The summed E-state index contributed by atoms with van der Waals surface area (Å²) >= 11 is 3.24. The number of hydrogen-bond donors (Lipinski definition) is 3. The van der Waals surface area contributed by atoms with E-state index in [4.69, 9.17) is 9.84 Å². The first-order chi connectivity index (χ1) is 10.1. The molecule has 7 heteroatoms. The number of halogens is 1. The molecule has 0 bridgehead atoms. The lowest BCUT2D eigenvalue weighted by Crippen LogP contribution is -2.34. The van der Waals surface area contributed by atoms with Crippen molar-refractivity contribution in [2.75, 3.05) is 25.0 Å². The number of carboxylic acid groups (broad SMARTS) is 1. The molecule has 1 amide bonds. The third-order valence-electron chi connectivity index (χ3n) is 3.23. The van der Waals surface area contributed by atoms with Crippen LogP contribution in [0.5, 0.6) is 0 Å². The topological polar surface area (TPSA) is 87.7 Å². The fourth-order valence-corrected chi connectivity index (χ4v) is 2.57. The van der Waals surface area contributed by atoms with Crippen LogP contribution in [-0.2, 0) is 9.53 Å². The number of amides is 1. The SMILES string of the molecule is O=C(COC1CCNCC1)Nc1ccc(C(=O)O)cc1Br. The van der Waals surface area contributed by atoms with Gasteiger partial charge in [-0.3, -0.25) is 4.79 Å². The van der Waals surface area contributed by atoms with E-state index in [1.165, 1.54) is 12.1 Å². The van der Waals surface area contributed by atoms with E-state index in [9.17, 15) is 9.59 Å². The molecule has 0 atom stereocenters.